The van der Waals surface area contributed by atoms with Gasteiger partial charge in [0.2, 0.25) is 0 Å². The first-order valence-electron chi connectivity index (χ1n) is 5.99. The van der Waals surface area contributed by atoms with Crippen molar-refractivity contribution in [3.63, 3.8) is 0 Å². The second kappa shape index (κ2) is 9.82. The van der Waals surface area contributed by atoms with E-state index in [1.54, 1.807) is 7.11 Å². The van der Waals surface area contributed by atoms with Crippen LogP contribution in [0.1, 0.15) is 6.42 Å². The maximum Gasteiger partial charge on any atom is 0.170 e. The molecule has 0 aliphatic carbocycles. The molecule has 5 heteroatoms. The average Bonchev–Trinajstić information content (AvgIpc) is 2.39. The van der Waals surface area contributed by atoms with Crippen LogP contribution in [0.5, 0.6) is 0 Å². The largest absolute Gasteiger partial charge is 0.382 e. The van der Waals surface area contributed by atoms with E-state index in [2.05, 4.69) is 10.6 Å². The highest BCUT2D eigenvalue weighted by Crippen LogP contribution is 2.04. The fraction of sp³-hybridized carbons (Fsp3) is 0.462. The predicted molar refractivity (Wildman–Crippen MR) is 78.0 cm³/mol. The van der Waals surface area contributed by atoms with Crippen molar-refractivity contribution in [2.24, 2.45) is 0 Å². The lowest BCUT2D eigenvalue weighted by molar-refractivity contribution is 0.0699. The molecule has 0 fully saturated rings. The average molecular weight is 268 g/mol. The van der Waals surface area contributed by atoms with E-state index in [0.717, 1.165) is 18.7 Å². The molecule has 0 bridgehead atoms. The lowest BCUT2D eigenvalue weighted by atomic mass is 10.3. The maximum absolute atomic E-state index is 5.35. The minimum absolute atomic E-state index is 0.637. The number of thiocarbonyl (C=S) groups is 1. The Bertz CT molecular complexity index is 333. The van der Waals surface area contributed by atoms with Crippen LogP contribution in [0.4, 0.5) is 5.69 Å². The van der Waals surface area contributed by atoms with Crippen molar-refractivity contribution >= 4 is 23.0 Å². The highest BCUT2D eigenvalue weighted by molar-refractivity contribution is 7.80. The van der Waals surface area contributed by atoms with Gasteiger partial charge in [-0.2, -0.15) is 0 Å². The molecule has 0 aliphatic rings. The van der Waals surface area contributed by atoms with Gasteiger partial charge in [-0.05, 0) is 30.8 Å². The van der Waals surface area contributed by atoms with Gasteiger partial charge in [0.25, 0.3) is 0 Å². The van der Waals surface area contributed by atoms with Crippen LogP contribution in [0.15, 0.2) is 30.3 Å². The zero-order valence-corrected chi connectivity index (χ0v) is 11.5. The third-order valence-electron chi connectivity index (χ3n) is 2.21. The van der Waals surface area contributed by atoms with E-state index >= 15 is 0 Å². The maximum atomic E-state index is 5.35. The number of benzene rings is 1. The zero-order chi connectivity index (χ0) is 13.1. The predicted octanol–water partition coefficient (Wildman–Crippen LogP) is 2.03. The van der Waals surface area contributed by atoms with Crippen LogP contribution in [0.2, 0.25) is 0 Å². The fourth-order valence-corrected chi connectivity index (χ4v) is 1.54. The molecule has 0 atom stereocenters. The lowest BCUT2D eigenvalue weighted by Crippen LogP contribution is -2.29. The first kappa shape index (κ1) is 14.9. The van der Waals surface area contributed by atoms with Crippen molar-refractivity contribution in [3.05, 3.63) is 30.3 Å². The van der Waals surface area contributed by atoms with Crippen LogP contribution in [0.3, 0.4) is 0 Å². The molecule has 0 aliphatic heterocycles. The molecule has 4 nitrogen and oxygen atoms in total. The highest BCUT2D eigenvalue weighted by atomic mass is 32.1. The Morgan fingerprint density at radius 2 is 1.94 bits per heavy atom. The van der Waals surface area contributed by atoms with Crippen molar-refractivity contribution in [3.8, 4) is 0 Å². The molecule has 0 amide bonds. The number of rotatable bonds is 8. The molecule has 18 heavy (non-hydrogen) atoms. The summed E-state index contributed by atoms with van der Waals surface area (Å²) in [6.45, 7) is 2.79. The van der Waals surface area contributed by atoms with Crippen LogP contribution >= 0.6 is 12.2 Å². The summed E-state index contributed by atoms with van der Waals surface area (Å²) in [6, 6.07) is 9.85. The van der Waals surface area contributed by atoms with E-state index in [1.807, 2.05) is 30.3 Å². The number of nitrogens with one attached hydrogen (secondary N) is 2. The summed E-state index contributed by atoms with van der Waals surface area (Å²) in [5.74, 6) is 0. The van der Waals surface area contributed by atoms with Gasteiger partial charge >= 0.3 is 0 Å². The van der Waals surface area contributed by atoms with E-state index in [9.17, 15) is 0 Å². The van der Waals surface area contributed by atoms with Crippen molar-refractivity contribution in [2.45, 2.75) is 6.42 Å². The van der Waals surface area contributed by atoms with Gasteiger partial charge < -0.3 is 20.1 Å². The van der Waals surface area contributed by atoms with Gasteiger partial charge in [0.15, 0.2) is 5.11 Å². The van der Waals surface area contributed by atoms with E-state index in [0.29, 0.717) is 24.9 Å². The first-order chi connectivity index (χ1) is 8.83. The summed E-state index contributed by atoms with van der Waals surface area (Å²) in [5, 5.41) is 6.88. The highest BCUT2D eigenvalue weighted by Gasteiger charge is 1.96. The number of ether oxygens (including phenoxy) is 2. The SMILES string of the molecule is COCCOCCCNC(=S)Nc1ccccc1. The smallest absolute Gasteiger partial charge is 0.170 e. The van der Waals surface area contributed by atoms with Gasteiger partial charge in [0.1, 0.15) is 0 Å². The molecule has 0 heterocycles. The van der Waals surface area contributed by atoms with Crippen molar-refractivity contribution in [2.75, 3.05) is 38.8 Å². The summed E-state index contributed by atoms with van der Waals surface area (Å²) in [5.41, 5.74) is 0.992. The zero-order valence-electron chi connectivity index (χ0n) is 10.6. The van der Waals surface area contributed by atoms with Crippen molar-refractivity contribution in [1.29, 1.82) is 0 Å². The molecule has 1 aromatic carbocycles. The standard InChI is InChI=1S/C13H20N2O2S/c1-16-10-11-17-9-5-8-14-13(18)15-12-6-3-2-4-7-12/h2-4,6-7H,5,8-11H2,1H3,(H2,14,15,18). The van der Waals surface area contributed by atoms with Gasteiger partial charge in [0, 0.05) is 25.9 Å². The molecule has 0 spiro atoms. The number of hydrogen-bond acceptors (Lipinski definition) is 3. The molecule has 0 unspecified atom stereocenters. The number of para-hydroxylation sites is 1. The summed E-state index contributed by atoms with van der Waals surface area (Å²) < 4.78 is 10.2. The Labute approximate surface area is 114 Å². The Balaban J connectivity index is 2.00. The first-order valence-corrected chi connectivity index (χ1v) is 6.40. The lowest BCUT2D eigenvalue weighted by Gasteiger charge is -2.10. The van der Waals surface area contributed by atoms with Crippen LogP contribution in [0, 0.1) is 0 Å². The molecule has 0 radical (unpaired) electrons. The van der Waals surface area contributed by atoms with E-state index in [4.69, 9.17) is 21.7 Å². The molecule has 100 valence electrons. The second-order valence-corrected chi connectivity index (χ2v) is 4.11. The van der Waals surface area contributed by atoms with Gasteiger partial charge in [0.05, 0.1) is 13.2 Å². The van der Waals surface area contributed by atoms with Crippen molar-refractivity contribution < 1.29 is 9.47 Å². The van der Waals surface area contributed by atoms with Crippen LogP contribution < -0.4 is 10.6 Å². The quantitative estimate of drug-likeness (QED) is 0.558. The molecule has 1 aromatic rings. The summed E-state index contributed by atoms with van der Waals surface area (Å²) >= 11 is 5.17. The minimum atomic E-state index is 0.637. The van der Waals surface area contributed by atoms with Gasteiger partial charge in [-0.3, -0.25) is 0 Å². The third-order valence-corrected chi connectivity index (χ3v) is 2.46. The summed E-state index contributed by atoms with van der Waals surface area (Å²) in [6.07, 6.45) is 0.917. The Hall–Kier alpha value is -1.17. The molecular weight excluding hydrogens is 248 g/mol. The molecule has 0 saturated heterocycles. The number of anilines is 1. The summed E-state index contributed by atoms with van der Waals surface area (Å²) in [7, 11) is 1.67. The van der Waals surface area contributed by atoms with Crippen LogP contribution in [-0.4, -0.2) is 38.6 Å². The van der Waals surface area contributed by atoms with Gasteiger partial charge in [-0.25, -0.2) is 0 Å². The van der Waals surface area contributed by atoms with Crippen LogP contribution in [-0.2, 0) is 9.47 Å². The second-order valence-electron chi connectivity index (χ2n) is 3.71. The normalized spacial score (nSPS) is 10.1. The summed E-state index contributed by atoms with van der Waals surface area (Å²) in [4.78, 5) is 0. The molecule has 1 rings (SSSR count). The molecule has 0 saturated carbocycles. The Kier molecular flexibility index (Phi) is 8.12. The molecule has 0 aromatic heterocycles. The van der Waals surface area contributed by atoms with Gasteiger partial charge in [-0.15, -0.1) is 0 Å². The Morgan fingerprint density at radius 1 is 1.17 bits per heavy atom. The van der Waals surface area contributed by atoms with Gasteiger partial charge in [-0.1, -0.05) is 18.2 Å². The monoisotopic (exact) mass is 268 g/mol. The van der Waals surface area contributed by atoms with Crippen molar-refractivity contribution in [1.82, 2.24) is 5.32 Å². The number of methoxy groups -OCH3 is 1. The Morgan fingerprint density at radius 3 is 2.67 bits per heavy atom. The van der Waals surface area contributed by atoms with E-state index in [-0.39, 0.29) is 0 Å². The molecule has 2 N–H and O–H groups in total. The van der Waals surface area contributed by atoms with E-state index in [1.165, 1.54) is 0 Å². The minimum Gasteiger partial charge on any atom is -0.382 e. The fourth-order valence-electron chi connectivity index (χ4n) is 1.32. The number of hydrogen-bond donors (Lipinski definition) is 2. The third kappa shape index (κ3) is 7.21. The molecular formula is C13H20N2O2S. The van der Waals surface area contributed by atoms with E-state index < -0.39 is 0 Å². The van der Waals surface area contributed by atoms with Crippen LogP contribution in [0.25, 0.3) is 0 Å². The topological polar surface area (TPSA) is 42.5 Å².